The molecule has 5 heteroatoms. The smallest absolute Gasteiger partial charge is 0.219 e. The summed E-state index contributed by atoms with van der Waals surface area (Å²) in [5.41, 5.74) is 1.91. The van der Waals surface area contributed by atoms with Crippen LogP contribution in [0.1, 0.15) is 0 Å². The van der Waals surface area contributed by atoms with Crippen molar-refractivity contribution in [1.82, 2.24) is 9.97 Å². The van der Waals surface area contributed by atoms with E-state index in [1.54, 1.807) is 12.4 Å². The minimum Gasteiger partial charge on any atom is -0.457 e. The van der Waals surface area contributed by atoms with Crippen molar-refractivity contribution in [2.75, 3.05) is 0 Å². The van der Waals surface area contributed by atoms with Crippen LogP contribution in [0.15, 0.2) is 97.3 Å². The molecule has 0 bridgehead atoms. The zero-order valence-corrected chi connectivity index (χ0v) is 16.8. The van der Waals surface area contributed by atoms with Crippen LogP contribution < -0.4 is 9.47 Å². The van der Waals surface area contributed by atoms with Gasteiger partial charge in [0.05, 0.1) is 5.69 Å². The third-order valence-corrected chi connectivity index (χ3v) is 3.70. The van der Waals surface area contributed by atoms with Crippen LogP contribution in [0.3, 0.4) is 0 Å². The topological polar surface area (TPSA) is 44.2 Å². The molecule has 2 aromatic heterocycles. The fraction of sp³-hybridized carbons (Fsp3) is 0. The molecule has 0 saturated carbocycles. The number of hydrogen-bond acceptors (Lipinski definition) is 4. The summed E-state index contributed by atoms with van der Waals surface area (Å²) in [7, 11) is 0. The first kappa shape index (κ1) is 21.3. The van der Waals surface area contributed by atoms with Gasteiger partial charge in [0.2, 0.25) is 5.88 Å². The molecule has 0 aliphatic carbocycles. The number of hydrogen-bond donors (Lipinski definition) is 0. The molecule has 0 fully saturated rings. The van der Waals surface area contributed by atoms with Crippen molar-refractivity contribution in [3.8, 4) is 34.4 Å². The molecule has 2 heterocycles. The van der Waals surface area contributed by atoms with Crippen molar-refractivity contribution in [3.05, 3.63) is 105 Å². The second-order valence-electron chi connectivity index (χ2n) is 5.59. The van der Waals surface area contributed by atoms with Gasteiger partial charge in [-0.25, -0.2) is 4.98 Å². The average Bonchev–Trinajstić information content (AvgIpc) is 2.70. The fourth-order valence-electron chi connectivity index (χ4n) is 2.52. The average molecular weight is 462 g/mol. The van der Waals surface area contributed by atoms with E-state index in [9.17, 15) is 0 Å². The van der Waals surface area contributed by atoms with E-state index >= 15 is 0 Å². The van der Waals surface area contributed by atoms with Gasteiger partial charge in [-0.2, -0.15) is 0 Å². The molecule has 0 saturated heterocycles. The van der Waals surface area contributed by atoms with E-state index in [0.29, 0.717) is 17.4 Å². The number of pyridine rings is 2. The Bertz CT molecular complexity index is 995. The summed E-state index contributed by atoms with van der Waals surface area (Å²) in [4.78, 5) is 8.54. The van der Waals surface area contributed by atoms with Crippen LogP contribution in [0.25, 0.3) is 11.3 Å². The molecule has 0 N–H and O–H groups in total. The van der Waals surface area contributed by atoms with Gasteiger partial charge in [-0.3, -0.25) is 4.98 Å². The van der Waals surface area contributed by atoms with Crippen molar-refractivity contribution >= 4 is 0 Å². The molecule has 4 rings (SSSR count). The summed E-state index contributed by atoms with van der Waals surface area (Å²) in [5, 5.41) is 0. The van der Waals surface area contributed by atoms with Crippen molar-refractivity contribution in [2.24, 2.45) is 0 Å². The molecule has 0 unspecified atom stereocenters. The number of ether oxygens (including phenoxy) is 2. The van der Waals surface area contributed by atoms with Gasteiger partial charge >= 0.3 is 0 Å². The largest absolute Gasteiger partial charge is 0.457 e. The molecule has 4 aromatic rings. The Morgan fingerprint density at radius 2 is 1.21 bits per heavy atom. The first-order valence-corrected chi connectivity index (χ1v) is 8.25. The quantitative estimate of drug-likeness (QED) is 0.263. The molecule has 0 atom stereocenters. The first-order chi connectivity index (χ1) is 12.9. The third kappa shape index (κ3) is 5.50. The van der Waals surface area contributed by atoms with Gasteiger partial charge in [-0.15, -0.1) is 0 Å². The molecule has 0 spiro atoms. The monoisotopic (exact) mass is 461 g/mol. The minimum absolute atomic E-state index is 0. The number of aromatic nitrogens is 2. The summed E-state index contributed by atoms with van der Waals surface area (Å²) in [6.07, 6.45) is 3.47. The third-order valence-electron chi connectivity index (χ3n) is 3.70. The first-order valence-electron chi connectivity index (χ1n) is 8.25. The SMILES string of the molecule is [CH3-].[Pd].c1ccc(Oc2cccc(Oc3cccc(-c4ccccn4)c3)c2)nc1. The van der Waals surface area contributed by atoms with Crippen molar-refractivity contribution in [2.45, 2.75) is 0 Å². The van der Waals surface area contributed by atoms with E-state index in [2.05, 4.69) is 9.97 Å². The van der Waals surface area contributed by atoms with Crippen molar-refractivity contribution in [1.29, 1.82) is 0 Å². The maximum absolute atomic E-state index is 5.99. The predicted molar refractivity (Wildman–Crippen MR) is 107 cm³/mol. The summed E-state index contributed by atoms with van der Waals surface area (Å²) in [5.74, 6) is 2.64. The Labute approximate surface area is 178 Å². The van der Waals surface area contributed by atoms with Crippen LogP contribution in [-0.2, 0) is 20.4 Å². The second kappa shape index (κ2) is 10.4. The molecular formula is C23H19N2O2Pd-. The summed E-state index contributed by atoms with van der Waals surface area (Å²) in [6, 6.07) is 26.7. The van der Waals surface area contributed by atoms with Crippen LogP contribution in [0.5, 0.6) is 23.1 Å². The van der Waals surface area contributed by atoms with Gasteiger partial charge in [0.1, 0.15) is 17.2 Å². The van der Waals surface area contributed by atoms with E-state index in [1.165, 1.54) is 0 Å². The Balaban J connectivity index is 0.00000140. The molecule has 0 amide bonds. The summed E-state index contributed by atoms with van der Waals surface area (Å²) in [6.45, 7) is 0. The molecule has 0 aliphatic heterocycles. The maximum Gasteiger partial charge on any atom is 0.219 e. The normalized spacial score (nSPS) is 9.57. The standard InChI is InChI=1S/C22H16N2O2.CH3.Pd/c1-3-13-23-21(11-1)17-7-5-8-18(15-17)25-19-9-6-10-20(16-19)26-22-12-2-4-14-24-22;;/h1-16H;1H3;/q;-1;. The Morgan fingerprint density at radius 3 is 1.89 bits per heavy atom. The van der Waals surface area contributed by atoms with Gasteiger partial charge in [-0.1, -0.05) is 30.3 Å². The predicted octanol–water partition coefficient (Wildman–Crippen LogP) is 6.18. The van der Waals surface area contributed by atoms with E-state index in [0.717, 1.165) is 17.0 Å². The molecule has 0 aliphatic rings. The maximum atomic E-state index is 5.99. The number of nitrogens with zero attached hydrogens (tertiary/aromatic N) is 2. The van der Waals surface area contributed by atoms with Gasteiger partial charge in [0.15, 0.2) is 0 Å². The van der Waals surface area contributed by atoms with Gasteiger partial charge in [-0.05, 0) is 42.5 Å². The van der Waals surface area contributed by atoms with Crippen molar-refractivity contribution in [3.63, 3.8) is 0 Å². The summed E-state index contributed by atoms with van der Waals surface area (Å²) >= 11 is 0. The molecule has 0 radical (unpaired) electrons. The van der Waals surface area contributed by atoms with Crippen LogP contribution >= 0.6 is 0 Å². The Hall–Kier alpha value is -3.00. The minimum atomic E-state index is 0. The van der Waals surface area contributed by atoms with Gasteiger partial charge in [0, 0.05) is 50.5 Å². The van der Waals surface area contributed by atoms with Crippen molar-refractivity contribution < 1.29 is 29.9 Å². The van der Waals surface area contributed by atoms with E-state index in [4.69, 9.17) is 9.47 Å². The Morgan fingerprint density at radius 1 is 0.571 bits per heavy atom. The second-order valence-corrected chi connectivity index (χ2v) is 5.59. The number of benzene rings is 2. The van der Waals surface area contributed by atoms with Crippen LogP contribution in [-0.4, -0.2) is 9.97 Å². The Kier molecular flexibility index (Phi) is 7.89. The van der Waals surface area contributed by atoms with Crippen LogP contribution in [0.4, 0.5) is 0 Å². The zero-order valence-electron chi connectivity index (χ0n) is 15.3. The fourth-order valence-corrected chi connectivity index (χ4v) is 2.52. The number of rotatable bonds is 5. The molecular weight excluding hydrogens is 443 g/mol. The zero-order chi connectivity index (χ0) is 17.6. The van der Waals surface area contributed by atoms with E-state index in [1.807, 2.05) is 84.9 Å². The van der Waals surface area contributed by atoms with E-state index < -0.39 is 0 Å². The van der Waals surface area contributed by atoms with Crippen LogP contribution in [0, 0.1) is 7.43 Å². The van der Waals surface area contributed by atoms with Gasteiger partial charge < -0.3 is 16.9 Å². The molecule has 28 heavy (non-hydrogen) atoms. The van der Waals surface area contributed by atoms with E-state index in [-0.39, 0.29) is 27.8 Å². The van der Waals surface area contributed by atoms with Crippen LogP contribution in [0.2, 0.25) is 0 Å². The van der Waals surface area contributed by atoms with Gasteiger partial charge in [0.25, 0.3) is 0 Å². The molecule has 4 nitrogen and oxygen atoms in total. The molecule has 2 aromatic carbocycles. The molecule has 144 valence electrons. The summed E-state index contributed by atoms with van der Waals surface area (Å²) < 4.78 is 11.7.